The predicted molar refractivity (Wildman–Crippen MR) is 99.5 cm³/mol. The number of fused-ring (bicyclic) bond motifs is 1. The molecule has 0 unspecified atom stereocenters. The fourth-order valence-electron chi connectivity index (χ4n) is 2.90. The third-order valence-corrected chi connectivity index (χ3v) is 4.33. The first-order valence-electron chi connectivity index (χ1n) is 9.34. The fraction of sp³-hybridized carbons (Fsp3) is 0.444. The Morgan fingerprint density at radius 2 is 2.00 bits per heavy atom. The van der Waals surface area contributed by atoms with E-state index in [-0.39, 0.29) is 25.2 Å². The van der Waals surface area contributed by atoms with Gasteiger partial charge in [0.1, 0.15) is 5.69 Å². The summed E-state index contributed by atoms with van der Waals surface area (Å²) in [6.07, 6.45) is -2.38. The minimum absolute atomic E-state index is 0.0875. The Balaban J connectivity index is 1.54. The number of imidazole rings is 1. The number of halogens is 3. The number of nitrogens with one attached hydrogen (secondary N) is 2. The summed E-state index contributed by atoms with van der Waals surface area (Å²) in [7, 11) is 0. The summed E-state index contributed by atoms with van der Waals surface area (Å²) < 4.78 is 43.1. The van der Waals surface area contributed by atoms with Crippen LogP contribution in [-0.4, -0.2) is 42.9 Å². The quantitative estimate of drug-likeness (QED) is 0.549. The molecular weight excluding hydrogens is 419 g/mol. The maximum atomic E-state index is 12.4. The Morgan fingerprint density at radius 1 is 1.23 bits per heavy atom. The highest BCUT2D eigenvalue weighted by Crippen LogP contribution is 2.26. The van der Waals surface area contributed by atoms with Gasteiger partial charge >= 0.3 is 6.18 Å². The smallest absolute Gasteiger partial charge is 0.352 e. The molecule has 10 nitrogen and oxygen atoms in total. The van der Waals surface area contributed by atoms with Gasteiger partial charge in [-0.05, 0) is 29.6 Å². The SMILES string of the molecule is Cc1nonc1C(=O)NCc1cn2ncc(CNC(=O)C[C@@H](C)CC(F)(F)F)cc2n1. The van der Waals surface area contributed by atoms with Gasteiger partial charge in [0, 0.05) is 19.4 Å². The van der Waals surface area contributed by atoms with E-state index in [9.17, 15) is 22.8 Å². The van der Waals surface area contributed by atoms with Crippen molar-refractivity contribution in [1.29, 1.82) is 0 Å². The number of aryl methyl sites for hydroxylation is 1. The van der Waals surface area contributed by atoms with Crippen LogP contribution in [0, 0.1) is 12.8 Å². The zero-order chi connectivity index (χ0) is 22.6. The zero-order valence-corrected chi connectivity index (χ0v) is 16.7. The molecule has 3 aromatic rings. The number of amides is 2. The molecular formula is C18H20F3N7O3. The molecule has 0 aromatic carbocycles. The Labute approximate surface area is 174 Å². The Bertz CT molecular complexity index is 1080. The molecule has 1 atom stereocenters. The van der Waals surface area contributed by atoms with Crippen molar-refractivity contribution in [2.24, 2.45) is 5.92 Å². The molecule has 2 N–H and O–H groups in total. The molecule has 0 radical (unpaired) electrons. The third kappa shape index (κ3) is 6.23. The number of alkyl halides is 3. The molecule has 13 heteroatoms. The lowest BCUT2D eigenvalue weighted by Gasteiger charge is -2.13. The fourth-order valence-corrected chi connectivity index (χ4v) is 2.90. The van der Waals surface area contributed by atoms with Gasteiger partial charge in [0.2, 0.25) is 5.91 Å². The predicted octanol–water partition coefficient (Wildman–Crippen LogP) is 1.95. The number of aromatic nitrogens is 5. The second-order valence-electron chi connectivity index (χ2n) is 7.19. The molecule has 3 aromatic heterocycles. The minimum Gasteiger partial charge on any atom is -0.352 e. The second kappa shape index (κ2) is 9.10. The molecule has 0 aliphatic heterocycles. The summed E-state index contributed by atoms with van der Waals surface area (Å²) in [4.78, 5) is 28.3. The van der Waals surface area contributed by atoms with Crippen molar-refractivity contribution in [2.75, 3.05) is 0 Å². The van der Waals surface area contributed by atoms with Gasteiger partial charge in [-0.1, -0.05) is 12.1 Å². The maximum absolute atomic E-state index is 12.4. The van der Waals surface area contributed by atoms with E-state index in [0.717, 1.165) is 0 Å². The van der Waals surface area contributed by atoms with E-state index < -0.39 is 30.3 Å². The van der Waals surface area contributed by atoms with E-state index in [2.05, 4.69) is 35.7 Å². The van der Waals surface area contributed by atoms with E-state index >= 15 is 0 Å². The standard InChI is InChI=1S/C18H20F3N7O3/c1-10(5-18(19,20)21)3-15(29)22-6-12-4-14-25-13(9-28(14)24-7-12)8-23-17(30)16-11(2)26-31-27-16/h4,7,9-10H,3,5-6,8H2,1-2H3,(H,22,29)(H,23,30)/t10-/m1/s1. The molecule has 0 fully saturated rings. The number of rotatable bonds is 8. The highest BCUT2D eigenvalue weighted by atomic mass is 19.4. The topological polar surface area (TPSA) is 127 Å². The maximum Gasteiger partial charge on any atom is 0.389 e. The summed E-state index contributed by atoms with van der Waals surface area (Å²) in [5, 5.41) is 16.5. The Morgan fingerprint density at radius 3 is 2.68 bits per heavy atom. The Hall–Kier alpha value is -3.51. The van der Waals surface area contributed by atoms with Crippen molar-refractivity contribution in [3.8, 4) is 0 Å². The van der Waals surface area contributed by atoms with Crippen molar-refractivity contribution in [3.05, 3.63) is 41.1 Å². The average Bonchev–Trinajstić information content (AvgIpc) is 3.28. The average molecular weight is 439 g/mol. The molecule has 31 heavy (non-hydrogen) atoms. The van der Waals surface area contributed by atoms with Gasteiger partial charge in [-0.15, -0.1) is 0 Å². The first kappa shape index (κ1) is 22.2. The van der Waals surface area contributed by atoms with Crippen molar-refractivity contribution in [1.82, 2.24) is 35.5 Å². The number of hydrogen-bond donors (Lipinski definition) is 2. The largest absolute Gasteiger partial charge is 0.389 e. The molecule has 3 rings (SSSR count). The zero-order valence-electron chi connectivity index (χ0n) is 16.7. The molecule has 0 saturated heterocycles. The van der Waals surface area contributed by atoms with Gasteiger partial charge in [-0.25, -0.2) is 14.1 Å². The van der Waals surface area contributed by atoms with Crippen LogP contribution in [0.25, 0.3) is 5.65 Å². The van der Waals surface area contributed by atoms with Crippen LogP contribution in [0.4, 0.5) is 13.2 Å². The minimum atomic E-state index is -4.29. The first-order valence-corrected chi connectivity index (χ1v) is 9.34. The van der Waals surface area contributed by atoms with Gasteiger partial charge in [-0.2, -0.15) is 18.3 Å². The number of carbonyl (C=O) groups is 2. The second-order valence-corrected chi connectivity index (χ2v) is 7.19. The lowest BCUT2D eigenvalue weighted by molar-refractivity contribution is -0.145. The van der Waals surface area contributed by atoms with Crippen LogP contribution in [0.1, 0.15) is 47.2 Å². The van der Waals surface area contributed by atoms with Gasteiger partial charge in [0.05, 0.1) is 24.6 Å². The van der Waals surface area contributed by atoms with Gasteiger partial charge in [0.25, 0.3) is 5.91 Å². The van der Waals surface area contributed by atoms with Gasteiger partial charge in [-0.3, -0.25) is 9.59 Å². The van der Waals surface area contributed by atoms with Gasteiger partial charge in [0.15, 0.2) is 11.3 Å². The Kier molecular flexibility index (Phi) is 6.51. The summed E-state index contributed by atoms with van der Waals surface area (Å²) in [6.45, 7) is 3.21. The lowest BCUT2D eigenvalue weighted by atomic mass is 10.0. The van der Waals surface area contributed by atoms with E-state index in [1.807, 2.05) is 0 Å². The molecule has 3 heterocycles. The third-order valence-electron chi connectivity index (χ3n) is 4.33. The monoisotopic (exact) mass is 439 g/mol. The summed E-state index contributed by atoms with van der Waals surface area (Å²) >= 11 is 0. The molecule has 0 aliphatic rings. The van der Waals surface area contributed by atoms with E-state index in [1.165, 1.54) is 17.6 Å². The summed E-state index contributed by atoms with van der Waals surface area (Å²) in [6, 6.07) is 1.68. The molecule has 0 aliphatic carbocycles. The summed E-state index contributed by atoms with van der Waals surface area (Å²) in [5.74, 6) is -1.73. The van der Waals surface area contributed by atoms with Gasteiger partial charge < -0.3 is 10.6 Å². The molecule has 0 saturated carbocycles. The summed E-state index contributed by atoms with van der Waals surface area (Å²) in [5.41, 5.74) is 2.12. The number of hydrogen-bond acceptors (Lipinski definition) is 7. The van der Waals surface area contributed by atoms with Crippen molar-refractivity contribution < 1.29 is 27.4 Å². The van der Waals surface area contributed by atoms with Crippen molar-refractivity contribution in [2.45, 2.75) is 46.0 Å². The van der Waals surface area contributed by atoms with Crippen LogP contribution in [0.5, 0.6) is 0 Å². The highest BCUT2D eigenvalue weighted by Gasteiger charge is 2.30. The lowest BCUT2D eigenvalue weighted by Crippen LogP contribution is -2.26. The van der Waals surface area contributed by atoms with E-state index in [0.29, 0.717) is 22.6 Å². The van der Waals surface area contributed by atoms with Crippen LogP contribution in [0.3, 0.4) is 0 Å². The molecule has 0 bridgehead atoms. The normalized spacial score (nSPS) is 12.7. The van der Waals surface area contributed by atoms with Crippen LogP contribution in [0.2, 0.25) is 0 Å². The molecule has 166 valence electrons. The van der Waals surface area contributed by atoms with E-state index in [1.54, 1.807) is 19.2 Å². The van der Waals surface area contributed by atoms with Crippen LogP contribution < -0.4 is 10.6 Å². The van der Waals surface area contributed by atoms with Crippen LogP contribution in [-0.2, 0) is 17.9 Å². The molecule has 0 spiro atoms. The number of nitrogens with zero attached hydrogens (tertiary/aromatic N) is 5. The number of carbonyl (C=O) groups excluding carboxylic acids is 2. The van der Waals surface area contributed by atoms with Crippen LogP contribution in [0.15, 0.2) is 23.1 Å². The van der Waals surface area contributed by atoms with Crippen molar-refractivity contribution in [3.63, 3.8) is 0 Å². The van der Waals surface area contributed by atoms with E-state index in [4.69, 9.17) is 0 Å². The van der Waals surface area contributed by atoms with Crippen LogP contribution >= 0.6 is 0 Å². The van der Waals surface area contributed by atoms with Crippen molar-refractivity contribution >= 4 is 17.5 Å². The molecule has 2 amide bonds. The highest BCUT2D eigenvalue weighted by molar-refractivity contribution is 5.92. The first-order chi connectivity index (χ1) is 14.6.